The molecule has 12 heavy (non-hydrogen) atoms. The van der Waals surface area contributed by atoms with E-state index in [0.717, 1.165) is 11.3 Å². The predicted molar refractivity (Wildman–Crippen MR) is 48.4 cm³/mol. The first kappa shape index (κ1) is 8.86. The SMILES string of the molecule is CN(C)C(=O)c1scc(N)c1O. The highest BCUT2D eigenvalue weighted by Crippen LogP contribution is 2.31. The number of nitrogens with two attached hydrogens (primary N) is 1. The van der Waals surface area contributed by atoms with Gasteiger partial charge in [0.1, 0.15) is 4.88 Å². The number of carbonyl (C=O) groups excluding carboxylic acids is 1. The Morgan fingerprint density at radius 2 is 2.25 bits per heavy atom. The van der Waals surface area contributed by atoms with Gasteiger partial charge in [-0.1, -0.05) is 0 Å². The summed E-state index contributed by atoms with van der Waals surface area (Å²) in [5, 5.41) is 10.8. The normalized spacial score (nSPS) is 9.83. The molecule has 0 aromatic carbocycles. The third kappa shape index (κ3) is 1.35. The molecule has 0 radical (unpaired) electrons. The van der Waals surface area contributed by atoms with Crippen molar-refractivity contribution in [3.63, 3.8) is 0 Å². The first-order valence-corrected chi connectivity index (χ1v) is 4.19. The minimum absolute atomic E-state index is 0.112. The third-order valence-electron chi connectivity index (χ3n) is 1.39. The molecule has 0 spiro atoms. The average molecular weight is 186 g/mol. The number of nitrogens with zero attached hydrogens (tertiary/aromatic N) is 1. The Hall–Kier alpha value is -1.23. The molecule has 1 aromatic rings. The molecule has 5 heteroatoms. The fourth-order valence-corrected chi connectivity index (χ4v) is 1.59. The lowest BCUT2D eigenvalue weighted by Gasteiger charge is -2.07. The van der Waals surface area contributed by atoms with Crippen LogP contribution in [-0.2, 0) is 0 Å². The molecular weight excluding hydrogens is 176 g/mol. The number of aromatic hydroxyl groups is 1. The van der Waals surface area contributed by atoms with E-state index in [9.17, 15) is 9.90 Å². The Bertz CT molecular complexity index is 306. The highest BCUT2D eigenvalue weighted by molar-refractivity contribution is 7.13. The van der Waals surface area contributed by atoms with Crippen molar-refractivity contribution in [1.82, 2.24) is 4.90 Å². The lowest BCUT2D eigenvalue weighted by atomic mass is 10.3. The summed E-state index contributed by atoms with van der Waals surface area (Å²) < 4.78 is 0. The molecule has 3 N–H and O–H groups in total. The summed E-state index contributed by atoms with van der Waals surface area (Å²) in [4.78, 5) is 13.0. The van der Waals surface area contributed by atoms with Crippen molar-refractivity contribution in [1.29, 1.82) is 0 Å². The maximum Gasteiger partial charge on any atom is 0.267 e. The Balaban J connectivity index is 3.04. The number of hydrogen-bond donors (Lipinski definition) is 2. The zero-order valence-corrected chi connectivity index (χ0v) is 7.68. The van der Waals surface area contributed by atoms with E-state index in [1.54, 1.807) is 19.5 Å². The van der Waals surface area contributed by atoms with Crippen molar-refractivity contribution in [2.24, 2.45) is 0 Å². The second-order valence-corrected chi connectivity index (χ2v) is 3.45. The number of thiophene rings is 1. The summed E-state index contributed by atoms with van der Waals surface area (Å²) in [7, 11) is 3.25. The lowest BCUT2D eigenvalue weighted by molar-refractivity contribution is 0.0829. The van der Waals surface area contributed by atoms with Crippen LogP contribution in [0.25, 0.3) is 0 Å². The molecule has 66 valence electrons. The number of amides is 1. The smallest absolute Gasteiger partial charge is 0.267 e. The van der Waals surface area contributed by atoms with Crippen molar-refractivity contribution >= 4 is 22.9 Å². The van der Waals surface area contributed by atoms with Crippen LogP contribution in [0.1, 0.15) is 9.67 Å². The predicted octanol–water partition coefficient (Wildman–Crippen LogP) is 0.738. The summed E-state index contributed by atoms with van der Waals surface area (Å²) in [6, 6.07) is 0. The van der Waals surface area contributed by atoms with Crippen LogP contribution in [0, 0.1) is 0 Å². The maximum atomic E-state index is 11.3. The quantitative estimate of drug-likeness (QED) is 0.679. The monoisotopic (exact) mass is 186 g/mol. The van der Waals surface area contributed by atoms with Gasteiger partial charge in [-0.3, -0.25) is 4.79 Å². The van der Waals surface area contributed by atoms with Crippen LogP contribution in [0.2, 0.25) is 0 Å². The summed E-state index contributed by atoms with van der Waals surface area (Å²) in [5.41, 5.74) is 5.62. The van der Waals surface area contributed by atoms with E-state index in [2.05, 4.69) is 0 Å². The fraction of sp³-hybridized carbons (Fsp3) is 0.286. The Labute approximate surface area is 74.2 Å². The van der Waals surface area contributed by atoms with Crippen LogP contribution >= 0.6 is 11.3 Å². The molecule has 1 rings (SSSR count). The van der Waals surface area contributed by atoms with Crippen LogP contribution < -0.4 is 5.73 Å². The Kier molecular flexibility index (Phi) is 2.23. The lowest BCUT2D eigenvalue weighted by Crippen LogP contribution is -2.20. The second-order valence-electron chi connectivity index (χ2n) is 2.57. The summed E-state index contributed by atoms with van der Waals surface area (Å²) in [6.07, 6.45) is 0. The van der Waals surface area contributed by atoms with E-state index in [0.29, 0.717) is 0 Å². The van der Waals surface area contributed by atoms with Crippen LogP contribution in [0.15, 0.2) is 5.38 Å². The van der Waals surface area contributed by atoms with E-state index in [-0.39, 0.29) is 22.2 Å². The van der Waals surface area contributed by atoms with E-state index < -0.39 is 0 Å². The van der Waals surface area contributed by atoms with E-state index in [1.807, 2.05) is 0 Å². The van der Waals surface area contributed by atoms with Gasteiger partial charge in [0.15, 0.2) is 5.75 Å². The van der Waals surface area contributed by atoms with Crippen molar-refractivity contribution in [2.45, 2.75) is 0 Å². The van der Waals surface area contributed by atoms with Crippen LogP contribution in [0.5, 0.6) is 5.75 Å². The Morgan fingerprint density at radius 3 is 2.58 bits per heavy atom. The second kappa shape index (κ2) is 3.02. The number of rotatable bonds is 1. The molecule has 0 saturated carbocycles. The molecule has 0 unspecified atom stereocenters. The van der Waals surface area contributed by atoms with Crippen molar-refractivity contribution in [3.8, 4) is 5.75 Å². The van der Waals surface area contributed by atoms with Crippen LogP contribution in [-0.4, -0.2) is 30.0 Å². The molecule has 1 amide bonds. The number of hydrogen-bond acceptors (Lipinski definition) is 4. The van der Waals surface area contributed by atoms with E-state index >= 15 is 0 Å². The molecule has 0 aliphatic carbocycles. The average Bonchev–Trinajstić information content (AvgIpc) is 2.32. The highest BCUT2D eigenvalue weighted by atomic mass is 32.1. The Morgan fingerprint density at radius 1 is 1.67 bits per heavy atom. The summed E-state index contributed by atoms with van der Waals surface area (Å²) >= 11 is 1.15. The number of carbonyl (C=O) groups is 1. The molecule has 0 aliphatic heterocycles. The van der Waals surface area contributed by atoms with Crippen molar-refractivity contribution in [3.05, 3.63) is 10.3 Å². The van der Waals surface area contributed by atoms with Gasteiger partial charge in [0.2, 0.25) is 0 Å². The molecule has 0 aliphatic rings. The van der Waals surface area contributed by atoms with Crippen molar-refractivity contribution in [2.75, 3.05) is 19.8 Å². The summed E-state index contributed by atoms with van der Waals surface area (Å²) in [5.74, 6) is -0.340. The van der Waals surface area contributed by atoms with Gasteiger partial charge < -0.3 is 15.7 Å². The van der Waals surface area contributed by atoms with Crippen LogP contribution in [0.3, 0.4) is 0 Å². The fourth-order valence-electron chi connectivity index (χ4n) is 0.720. The zero-order chi connectivity index (χ0) is 9.30. The maximum absolute atomic E-state index is 11.3. The van der Waals surface area contributed by atoms with Crippen molar-refractivity contribution < 1.29 is 9.90 Å². The summed E-state index contributed by atoms with van der Waals surface area (Å²) in [6.45, 7) is 0. The minimum atomic E-state index is -0.228. The molecule has 0 atom stereocenters. The highest BCUT2D eigenvalue weighted by Gasteiger charge is 2.16. The van der Waals surface area contributed by atoms with Gasteiger partial charge in [0.25, 0.3) is 5.91 Å². The van der Waals surface area contributed by atoms with E-state index in [1.165, 1.54) is 4.90 Å². The molecular formula is C7H10N2O2S. The van der Waals surface area contributed by atoms with Gasteiger partial charge in [-0.15, -0.1) is 11.3 Å². The zero-order valence-electron chi connectivity index (χ0n) is 6.87. The largest absolute Gasteiger partial charge is 0.504 e. The van der Waals surface area contributed by atoms with E-state index in [4.69, 9.17) is 5.73 Å². The van der Waals surface area contributed by atoms with Gasteiger partial charge in [-0.2, -0.15) is 0 Å². The number of anilines is 1. The van der Waals surface area contributed by atoms with Crippen LogP contribution in [0.4, 0.5) is 5.69 Å². The standard InChI is InChI=1S/C7H10N2O2S/c1-9(2)7(11)6-5(10)4(8)3-12-6/h3,10H,8H2,1-2H3. The molecule has 0 fully saturated rings. The van der Waals surface area contributed by atoms with Gasteiger partial charge in [0, 0.05) is 19.5 Å². The first-order chi connectivity index (χ1) is 5.54. The molecule has 4 nitrogen and oxygen atoms in total. The number of nitrogen functional groups attached to an aromatic ring is 1. The molecule has 0 saturated heterocycles. The van der Waals surface area contributed by atoms with Gasteiger partial charge >= 0.3 is 0 Å². The molecule has 0 bridgehead atoms. The first-order valence-electron chi connectivity index (χ1n) is 3.31. The molecule has 1 heterocycles. The molecule has 1 aromatic heterocycles. The minimum Gasteiger partial charge on any atom is -0.504 e. The van der Waals surface area contributed by atoms with Gasteiger partial charge in [-0.05, 0) is 0 Å². The van der Waals surface area contributed by atoms with Gasteiger partial charge in [0.05, 0.1) is 5.69 Å². The topological polar surface area (TPSA) is 66.6 Å². The van der Waals surface area contributed by atoms with Gasteiger partial charge in [-0.25, -0.2) is 0 Å². The third-order valence-corrected chi connectivity index (χ3v) is 2.37.